The van der Waals surface area contributed by atoms with Gasteiger partial charge in [-0.15, -0.1) is 0 Å². The van der Waals surface area contributed by atoms with Gasteiger partial charge in [0.15, 0.2) is 5.11 Å². The standard InChI is InChI=1S/C22H16ClN3O2S/c1-14-6-4-7-15(12-14)25-11-5-8-16(25)13-17-20(27)24-22(29)26(21(17)28)19-10-3-2-9-18(19)23/h2-13H,1H3,(H,24,27,29)/b17-13+. The number of anilines is 1. The van der Waals surface area contributed by atoms with E-state index in [1.165, 1.54) is 4.90 Å². The fourth-order valence-corrected chi connectivity index (χ4v) is 3.68. The third-order valence-electron chi connectivity index (χ3n) is 4.55. The number of para-hydroxylation sites is 1. The van der Waals surface area contributed by atoms with Crippen LogP contribution in [0.2, 0.25) is 5.02 Å². The average Bonchev–Trinajstić information content (AvgIpc) is 3.15. The van der Waals surface area contributed by atoms with Gasteiger partial charge in [0.1, 0.15) is 5.57 Å². The number of carbonyl (C=O) groups excluding carboxylic acids is 2. The van der Waals surface area contributed by atoms with E-state index in [1.807, 2.05) is 54.1 Å². The number of amides is 2. The molecular weight excluding hydrogens is 406 g/mol. The molecule has 0 saturated carbocycles. The maximum atomic E-state index is 13.2. The van der Waals surface area contributed by atoms with Crippen molar-refractivity contribution in [2.75, 3.05) is 4.90 Å². The Hall–Kier alpha value is -3.22. The first-order valence-corrected chi connectivity index (χ1v) is 9.65. The number of rotatable bonds is 3. The van der Waals surface area contributed by atoms with Gasteiger partial charge in [-0.25, -0.2) is 0 Å². The highest BCUT2D eigenvalue weighted by atomic mass is 35.5. The van der Waals surface area contributed by atoms with Crippen LogP contribution < -0.4 is 10.2 Å². The normalized spacial score (nSPS) is 15.7. The van der Waals surface area contributed by atoms with Crippen LogP contribution >= 0.6 is 23.8 Å². The molecule has 29 heavy (non-hydrogen) atoms. The van der Waals surface area contributed by atoms with E-state index >= 15 is 0 Å². The number of nitrogens with one attached hydrogen (secondary N) is 1. The van der Waals surface area contributed by atoms with Crippen molar-refractivity contribution in [2.24, 2.45) is 0 Å². The monoisotopic (exact) mass is 421 g/mol. The van der Waals surface area contributed by atoms with E-state index in [-0.39, 0.29) is 10.7 Å². The largest absolute Gasteiger partial charge is 0.317 e. The lowest BCUT2D eigenvalue weighted by molar-refractivity contribution is -0.122. The van der Waals surface area contributed by atoms with Crippen LogP contribution in [0.25, 0.3) is 11.8 Å². The minimum absolute atomic E-state index is 0.000633. The number of aromatic nitrogens is 1. The van der Waals surface area contributed by atoms with Crippen molar-refractivity contribution in [1.82, 2.24) is 9.88 Å². The van der Waals surface area contributed by atoms with E-state index in [1.54, 1.807) is 30.3 Å². The zero-order valence-corrected chi connectivity index (χ0v) is 17.0. The molecule has 0 atom stereocenters. The van der Waals surface area contributed by atoms with Crippen molar-refractivity contribution >= 4 is 52.5 Å². The Bertz CT molecular complexity index is 1180. The van der Waals surface area contributed by atoms with E-state index in [9.17, 15) is 9.59 Å². The zero-order valence-electron chi connectivity index (χ0n) is 15.4. The average molecular weight is 422 g/mol. The first kappa shape index (κ1) is 19.1. The van der Waals surface area contributed by atoms with Crippen LogP contribution in [-0.2, 0) is 9.59 Å². The summed E-state index contributed by atoms with van der Waals surface area (Å²) >= 11 is 11.5. The van der Waals surface area contributed by atoms with Crippen molar-refractivity contribution in [2.45, 2.75) is 6.92 Å². The summed E-state index contributed by atoms with van der Waals surface area (Å²) in [5.41, 5.74) is 3.14. The number of hydrogen-bond donors (Lipinski definition) is 1. The summed E-state index contributed by atoms with van der Waals surface area (Å²) in [5.74, 6) is -1.07. The van der Waals surface area contributed by atoms with Crippen LogP contribution in [0.1, 0.15) is 11.3 Å². The summed E-state index contributed by atoms with van der Waals surface area (Å²) in [6, 6.07) is 18.5. The Morgan fingerprint density at radius 3 is 2.59 bits per heavy atom. The Kier molecular flexibility index (Phi) is 5.05. The molecule has 1 aliphatic heterocycles. The molecule has 1 fully saturated rings. The molecule has 2 heterocycles. The van der Waals surface area contributed by atoms with Gasteiger partial charge in [-0.1, -0.05) is 35.9 Å². The first-order chi connectivity index (χ1) is 14.0. The van der Waals surface area contributed by atoms with Gasteiger partial charge in [-0.3, -0.25) is 19.8 Å². The molecule has 3 aromatic rings. The second kappa shape index (κ2) is 7.66. The number of carbonyl (C=O) groups is 2. The predicted molar refractivity (Wildman–Crippen MR) is 118 cm³/mol. The maximum absolute atomic E-state index is 13.2. The lowest BCUT2D eigenvalue weighted by atomic mass is 10.1. The molecule has 1 saturated heterocycles. The molecule has 0 spiro atoms. The molecule has 1 aromatic heterocycles. The molecule has 144 valence electrons. The van der Waals surface area contributed by atoms with Crippen LogP contribution in [0.4, 0.5) is 5.69 Å². The van der Waals surface area contributed by atoms with Crippen LogP contribution in [0.5, 0.6) is 0 Å². The Labute approximate surface area is 178 Å². The van der Waals surface area contributed by atoms with Gasteiger partial charge in [0, 0.05) is 17.6 Å². The number of hydrogen-bond acceptors (Lipinski definition) is 3. The Morgan fingerprint density at radius 2 is 1.83 bits per heavy atom. The molecule has 7 heteroatoms. The summed E-state index contributed by atoms with van der Waals surface area (Å²) in [6.07, 6.45) is 3.44. The summed E-state index contributed by atoms with van der Waals surface area (Å²) < 4.78 is 1.91. The molecule has 4 rings (SSSR count). The highest BCUT2D eigenvalue weighted by Crippen LogP contribution is 2.29. The predicted octanol–water partition coefficient (Wildman–Crippen LogP) is 4.27. The highest BCUT2D eigenvalue weighted by Gasteiger charge is 2.35. The van der Waals surface area contributed by atoms with Gasteiger partial charge < -0.3 is 4.57 Å². The van der Waals surface area contributed by atoms with E-state index < -0.39 is 11.8 Å². The zero-order chi connectivity index (χ0) is 20.5. The number of aryl methyl sites for hydroxylation is 1. The second-order valence-electron chi connectivity index (χ2n) is 6.55. The van der Waals surface area contributed by atoms with Crippen LogP contribution in [0.15, 0.2) is 72.4 Å². The fraction of sp³-hybridized carbons (Fsp3) is 0.0455. The Morgan fingerprint density at radius 1 is 1.03 bits per heavy atom. The van der Waals surface area contributed by atoms with Gasteiger partial charge in [0.2, 0.25) is 0 Å². The van der Waals surface area contributed by atoms with Crippen molar-refractivity contribution in [1.29, 1.82) is 0 Å². The number of thiocarbonyl (C=S) groups is 1. The quantitative estimate of drug-likeness (QED) is 0.390. The topological polar surface area (TPSA) is 54.3 Å². The molecular formula is C22H16ClN3O2S. The molecule has 2 amide bonds. The first-order valence-electron chi connectivity index (χ1n) is 8.86. The molecule has 1 N–H and O–H groups in total. The lowest BCUT2D eigenvalue weighted by Crippen LogP contribution is -2.54. The number of benzene rings is 2. The van der Waals surface area contributed by atoms with Crippen molar-refractivity contribution in [3.05, 3.63) is 88.7 Å². The van der Waals surface area contributed by atoms with Gasteiger partial charge in [0.25, 0.3) is 11.8 Å². The lowest BCUT2D eigenvalue weighted by Gasteiger charge is -2.29. The molecule has 5 nitrogen and oxygen atoms in total. The number of halogens is 1. The second-order valence-corrected chi connectivity index (χ2v) is 7.35. The van der Waals surface area contributed by atoms with Gasteiger partial charge in [-0.05, 0) is 67.2 Å². The van der Waals surface area contributed by atoms with Gasteiger partial charge in [-0.2, -0.15) is 0 Å². The van der Waals surface area contributed by atoms with Gasteiger partial charge >= 0.3 is 0 Å². The Balaban J connectivity index is 1.77. The van der Waals surface area contributed by atoms with Crippen LogP contribution in [0.3, 0.4) is 0 Å². The third-order valence-corrected chi connectivity index (χ3v) is 5.15. The fourth-order valence-electron chi connectivity index (χ4n) is 3.18. The van der Waals surface area contributed by atoms with Crippen molar-refractivity contribution < 1.29 is 9.59 Å². The summed E-state index contributed by atoms with van der Waals surface area (Å²) in [5, 5.41) is 2.94. The minimum atomic E-state index is -0.541. The molecule has 0 bridgehead atoms. The molecule has 0 unspecified atom stereocenters. The molecule has 2 aromatic carbocycles. The van der Waals surface area contributed by atoms with E-state index in [0.717, 1.165) is 11.3 Å². The van der Waals surface area contributed by atoms with E-state index in [0.29, 0.717) is 16.4 Å². The summed E-state index contributed by atoms with van der Waals surface area (Å²) in [6.45, 7) is 2.01. The van der Waals surface area contributed by atoms with E-state index in [4.69, 9.17) is 23.8 Å². The third kappa shape index (κ3) is 3.60. The van der Waals surface area contributed by atoms with E-state index in [2.05, 4.69) is 5.32 Å². The summed E-state index contributed by atoms with van der Waals surface area (Å²) in [7, 11) is 0. The van der Waals surface area contributed by atoms with Crippen LogP contribution in [0, 0.1) is 6.92 Å². The smallest absolute Gasteiger partial charge is 0.270 e. The summed E-state index contributed by atoms with van der Waals surface area (Å²) in [4.78, 5) is 27.0. The van der Waals surface area contributed by atoms with Gasteiger partial charge in [0.05, 0.1) is 10.7 Å². The molecule has 0 aliphatic carbocycles. The maximum Gasteiger partial charge on any atom is 0.270 e. The minimum Gasteiger partial charge on any atom is -0.317 e. The molecule has 0 radical (unpaired) electrons. The van der Waals surface area contributed by atoms with Crippen LogP contribution in [-0.4, -0.2) is 21.5 Å². The highest BCUT2D eigenvalue weighted by molar-refractivity contribution is 7.80. The number of nitrogens with zero attached hydrogens (tertiary/aromatic N) is 2. The van der Waals surface area contributed by atoms with Crippen molar-refractivity contribution in [3.63, 3.8) is 0 Å². The SMILES string of the molecule is Cc1cccc(-n2cccc2/C=C2\C(=O)NC(=S)N(c3ccccc3Cl)C2=O)c1. The van der Waals surface area contributed by atoms with Crippen molar-refractivity contribution in [3.8, 4) is 5.69 Å². The molecule has 1 aliphatic rings.